The number of carbonyl (C=O) groups excluding carboxylic acids is 1. The maximum Gasteiger partial charge on any atom is 0.321 e. The van der Waals surface area contributed by atoms with Gasteiger partial charge in [-0.05, 0) is 19.4 Å². The van der Waals surface area contributed by atoms with E-state index in [0.29, 0.717) is 25.3 Å². The number of aliphatic carboxylic acids is 1. The molecule has 0 bridgehead atoms. The zero-order chi connectivity index (χ0) is 15.5. The van der Waals surface area contributed by atoms with E-state index in [9.17, 15) is 14.7 Å². The first kappa shape index (κ1) is 15.3. The van der Waals surface area contributed by atoms with Gasteiger partial charge in [0.2, 0.25) is 0 Å². The Morgan fingerprint density at radius 1 is 1.43 bits per heavy atom. The molecule has 1 atom stereocenters. The molecule has 1 aromatic rings. The lowest BCUT2D eigenvalue weighted by Gasteiger charge is -2.21. The molecule has 6 nitrogen and oxygen atoms in total. The number of nitrogens with zero attached hydrogens (tertiary/aromatic N) is 1. The Hall–Kier alpha value is -2.08. The van der Waals surface area contributed by atoms with E-state index in [1.165, 1.54) is 4.90 Å². The Morgan fingerprint density at radius 2 is 2.14 bits per heavy atom. The first-order chi connectivity index (χ1) is 9.96. The van der Waals surface area contributed by atoms with Gasteiger partial charge in [0.25, 0.3) is 0 Å². The van der Waals surface area contributed by atoms with E-state index in [-0.39, 0.29) is 12.6 Å². The number of rotatable bonds is 4. The number of para-hydroxylation sites is 1. The van der Waals surface area contributed by atoms with Crippen LogP contribution in [0, 0.1) is 5.41 Å². The molecule has 1 aliphatic rings. The number of carbonyl (C=O) groups is 2. The lowest BCUT2D eigenvalue weighted by atomic mass is 9.90. The minimum absolute atomic E-state index is 0.223. The molecule has 114 valence electrons. The SMILES string of the molecule is COCc1ccccc1NC(=O)N1CCC(C)(C(=O)O)C1. The van der Waals surface area contributed by atoms with Crippen molar-refractivity contribution >= 4 is 17.7 Å². The molecule has 6 heteroatoms. The fourth-order valence-corrected chi connectivity index (χ4v) is 2.43. The van der Waals surface area contributed by atoms with E-state index in [1.807, 2.05) is 18.2 Å². The third-order valence-corrected chi connectivity index (χ3v) is 3.84. The number of ether oxygens (including phenoxy) is 1. The lowest BCUT2D eigenvalue weighted by Crippen LogP contribution is -2.37. The molecule has 1 aliphatic heterocycles. The van der Waals surface area contributed by atoms with Gasteiger partial charge in [-0.1, -0.05) is 18.2 Å². The van der Waals surface area contributed by atoms with Crippen LogP contribution < -0.4 is 5.32 Å². The molecule has 1 fully saturated rings. The largest absolute Gasteiger partial charge is 0.481 e. The summed E-state index contributed by atoms with van der Waals surface area (Å²) in [7, 11) is 1.59. The number of hydrogen-bond donors (Lipinski definition) is 2. The fourth-order valence-electron chi connectivity index (χ4n) is 2.43. The molecule has 1 aromatic carbocycles. The number of carboxylic acids is 1. The number of amides is 2. The maximum atomic E-state index is 12.3. The fraction of sp³-hybridized carbons (Fsp3) is 0.467. The van der Waals surface area contributed by atoms with Crippen LogP contribution in [0.25, 0.3) is 0 Å². The minimum atomic E-state index is -0.863. The number of anilines is 1. The minimum Gasteiger partial charge on any atom is -0.481 e. The second-order valence-electron chi connectivity index (χ2n) is 5.56. The number of nitrogens with one attached hydrogen (secondary N) is 1. The van der Waals surface area contributed by atoms with Crippen molar-refractivity contribution in [3.63, 3.8) is 0 Å². The van der Waals surface area contributed by atoms with Crippen molar-refractivity contribution in [3.8, 4) is 0 Å². The van der Waals surface area contributed by atoms with E-state index < -0.39 is 11.4 Å². The van der Waals surface area contributed by atoms with Crippen LogP contribution in [0.1, 0.15) is 18.9 Å². The first-order valence-corrected chi connectivity index (χ1v) is 6.82. The molecule has 2 rings (SSSR count). The predicted molar refractivity (Wildman–Crippen MR) is 78.1 cm³/mol. The van der Waals surface area contributed by atoms with E-state index in [2.05, 4.69) is 5.32 Å². The summed E-state index contributed by atoms with van der Waals surface area (Å²) in [6.07, 6.45) is 0.468. The van der Waals surface area contributed by atoms with E-state index in [1.54, 1.807) is 20.1 Å². The number of likely N-dealkylation sites (tertiary alicyclic amines) is 1. The molecule has 0 aliphatic carbocycles. The quantitative estimate of drug-likeness (QED) is 0.891. The number of hydrogen-bond acceptors (Lipinski definition) is 3. The summed E-state index contributed by atoms with van der Waals surface area (Å²) in [5.41, 5.74) is 0.713. The summed E-state index contributed by atoms with van der Waals surface area (Å²) >= 11 is 0. The summed E-state index contributed by atoms with van der Waals surface area (Å²) in [5, 5.41) is 12.0. The van der Waals surface area contributed by atoms with Gasteiger partial charge in [0.1, 0.15) is 0 Å². The molecule has 21 heavy (non-hydrogen) atoms. The summed E-state index contributed by atoms with van der Waals surface area (Å²) in [6.45, 7) is 2.74. The Kier molecular flexibility index (Phi) is 4.47. The monoisotopic (exact) mass is 292 g/mol. The number of urea groups is 1. The molecule has 0 radical (unpaired) electrons. The van der Waals surface area contributed by atoms with Crippen LogP contribution in [-0.2, 0) is 16.1 Å². The van der Waals surface area contributed by atoms with Gasteiger partial charge in [0.15, 0.2) is 0 Å². The summed E-state index contributed by atoms with van der Waals surface area (Å²) < 4.78 is 5.10. The van der Waals surface area contributed by atoms with Gasteiger partial charge in [-0.2, -0.15) is 0 Å². The van der Waals surface area contributed by atoms with Gasteiger partial charge in [-0.25, -0.2) is 4.79 Å². The van der Waals surface area contributed by atoms with Crippen molar-refractivity contribution in [1.82, 2.24) is 4.90 Å². The molecule has 1 saturated heterocycles. The topological polar surface area (TPSA) is 78.9 Å². The van der Waals surface area contributed by atoms with Gasteiger partial charge in [0.05, 0.1) is 12.0 Å². The second kappa shape index (κ2) is 6.13. The normalized spacial score (nSPS) is 21.3. The van der Waals surface area contributed by atoms with Gasteiger partial charge in [-0.3, -0.25) is 4.79 Å². The molecule has 2 amide bonds. The molecular weight excluding hydrogens is 272 g/mol. The average molecular weight is 292 g/mol. The highest BCUT2D eigenvalue weighted by Gasteiger charge is 2.42. The van der Waals surface area contributed by atoms with Crippen LogP contribution in [0.2, 0.25) is 0 Å². The smallest absolute Gasteiger partial charge is 0.321 e. The van der Waals surface area contributed by atoms with E-state index >= 15 is 0 Å². The Balaban J connectivity index is 2.05. The molecule has 1 unspecified atom stereocenters. The van der Waals surface area contributed by atoms with E-state index in [0.717, 1.165) is 5.56 Å². The maximum absolute atomic E-state index is 12.3. The van der Waals surface area contributed by atoms with E-state index in [4.69, 9.17) is 4.74 Å². The highest BCUT2D eigenvalue weighted by molar-refractivity contribution is 5.91. The molecule has 0 saturated carbocycles. The van der Waals surface area contributed by atoms with Crippen LogP contribution in [0.4, 0.5) is 10.5 Å². The molecule has 0 spiro atoms. The lowest BCUT2D eigenvalue weighted by molar-refractivity contribution is -0.146. The Bertz CT molecular complexity index is 546. The second-order valence-corrected chi connectivity index (χ2v) is 5.56. The van der Waals surface area contributed by atoms with Crippen LogP contribution in [0.5, 0.6) is 0 Å². The standard InChI is InChI=1S/C15H20N2O4/c1-15(13(18)19)7-8-17(10-15)14(20)16-12-6-4-3-5-11(12)9-21-2/h3-6H,7-10H2,1-2H3,(H,16,20)(H,18,19). The Morgan fingerprint density at radius 3 is 2.76 bits per heavy atom. The summed E-state index contributed by atoms with van der Waals surface area (Å²) in [5.74, 6) is -0.863. The van der Waals surface area contributed by atoms with Gasteiger partial charge in [-0.15, -0.1) is 0 Å². The van der Waals surface area contributed by atoms with Crippen LogP contribution in [0.15, 0.2) is 24.3 Å². The summed E-state index contributed by atoms with van der Waals surface area (Å²) in [4.78, 5) is 25.0. The van der Waals surface area contributed by atoms with Crippen LogP contribution in [-0.4, -0.2) is 42.2 Å². The zero-order valence-electron chi connectivity index (χ0n) is 12.3. The Labute approximate surface area is 123 Å². The highest BCUT2D eigenvalue weighted by atomic mass is 16.5. The van der Waals surface area contributed by atoms with Crippen molar-refractivity contribution in [2.75, 3.05) is 25.5 Å². The van der Waals surface area contributed by atoms with Crippen LogP contribution in [0.3, 0.4) is 0 Å². The highest BCUT2D eigenvalue weighted by Crippen LogP contribution is 2.30. The molecule has 1 heterocycles. The van der Waals surface area contributed by atoms with Gasteiger partial charge >= 0.3 is 12.0 Å². The third kappa shape index (κ3) is 3.33. The van der Waals surface area contributed by atoms with Crippen molar-refractivity contribution in [2.24, 2.45) is 5.41 Å². The predicted octanol–water partition coefficient (Wildman–Crippen LogP) is 2.16. The van der Waals surface area contributed by atoms with Crippen molar-refractivity contribution < 1.29 is 19.4 Å². The molecule has 0 aromatic heterocycles. The number of benzene rings is 1. The van der Waals surface area contributed by atoms with Crippen LogP contribution >= 0.6 is 0 Å². The van der Waals surface area contributed by atoms with Crippen molar-refractivity contribution in [2.45, 2.75) is 20.0 Å². The van der Waals surface area contributed by atoms with Gasteiger partial charge in [0, 0.05) is 31.5 Å². The van der Waals surface area contributed by atoms with Crippen molar-refractivity contribution in [3.05, 3.63) is 29.8 Å². The molecular formula is C15H20N2O4. The van der Waals surface area contributed by atoms with Crippen molar-refractivity contribution in [1.29, 1.82) is 0 Å². The van der Waals surface area contributed by atoms with Gasteiger partial charge < -0.3 is 20.1 Å². The average Bonchev–Trinajstić information content (AvgIpc) is 2.85. The third-order valence-electron chi connectivity index (χ3n) is 3.84. The number of carboxylic acid groups (broad SMARTS) is 1. The zero-order valence-corrected chi connectivity index (χ0v) is 12.3. The summed E-state index contributed by atoms with van der Waals surface area (Å²) in [6, 6.07) is 7.12. The first-order valence-electron chi connectivity index (χ1n) is 6.82. The molecule has 2 N–H and O–H groups in total. The number of methoxy groups -OCH3 is 1.